The fourth-order valence-electron chi connectivity index (χ4n) is 13.6. The summed E-state index contributed by atoms with van der Waals surface area (Å²) in [6.45, 7) is 9.69. The molecule has 0 aromatic carbocycles. The van der Waals surface area contributed by atoms with E-state index in [0.717, 1.165) is 108 Å². The maximum absolute atomic E-state index is 13.1. The van der Waals surface area contributed by atoms with Gasteiger partial charge in [0.25, 0.3) is 0 Å². The molecule has 0 spiro atoms. The van der Waals surface area contributed by atoms with E-state index in [1.54, 1.807) is 0 Å². The molecule has 0 fully saturated rings. The molecule has 3 unspecified atom stereocenters. The van der Waals surface area contributed by atoms with Crippen LogP contribution in [0.15, 0.2) is 0 Å². The van der Waals surface area contributed by atoms with E-state index < -0.39 is 97.5 Å². The molecule has 0 aliphatic heterocycles. The van der Waals surface area contributed by atoms with Crippen molar-refractivity contribution in [2.45, 2.75) is 484 Å². The third kappa shape index (κ3) is 78.7. The Labute approximate surface area is 651 Å². The highest BCUT2D eigenvalue weighted by Crippen LogP contribution is 2.45. The van der Waals surface area contributed by atoms with Crippen molar-refractivity contribution in [2.24, 2.45) is 11.8 Å². The van der Waals surface area contributed by atoms with Crippen LogP contribution in [0, 0.1) is 11.8 Å². The first kappa shape index (κ1) is 104. The molecule has 0 bridgehead atoms. The van der Waals surface area contributed by atoms with Crippen LogP contribution < -0.4 is 0 Å². The van der Waals surface area contributed by atoms with E-state index in [4.69, 9.17) is 37.0 Å². The quantitative estimate of drug-likeness (QED) is 0.0222. The molecule has 3 N–H and O–H groups in total. The minimum Gasteiger partial charge on any atom is -0.462 e. The molecule has 0 aliphatic rings. The molecule has 0 heterocycles. The van der Waals surface area contributed by atoms with Gasteiger partial charge in [-0.1, -0.05) is 414 Å². The van der Waals surface area contributed by atoms with Gasteiger partial charge in [0, 0.05) is 25.7 Å². The van der Waals surface area contributed by atoms with Crippen LogP contribution in [0.5, 0.6) is 0 Å². The molecule has 0 saturated carbocycles. The number of aliphatic hydroxyl groups is 1. The van der Waals surface area contributed by atoms with Crippen molar-refractivity contribution in [1.29, 1.82) is 0 Å². The van der Waals surface area contributed by atoms with Crippen LogP contribution in [0.3, 0.4) is 0 Å². The van der Waals surface area contributed by atoms with E-state index in [1.807, 2.05) is 0 Å². The lowest BCUT2D eigenvalue weighted by atomic mass is 9.99. The molecule has 106 heavy (non-hydrogen) atoms. The highest BCUT2D eigenvalue weighted by atomic mass is 31.2. The van der Waals surface area contributed by atoms with Gasteiger partial charge in [0.15, 0.2) is 12.2 Å². The fourth-order valence-corrected chi connectivity index (χ4v) is 15.1. The van der Waals surface area contributed by atoms with Gasteiger partial charge in [-0.05, 0) is 37.5 Å². The molecule has 630 valence electrons. The molecular formula is C87H170O17P2. The Hall–Kier alpha value is -1.94. The molecule has 19 heteroatoms. The lowest BCUT2D eigenvalue weighted by Gasteiger charge is -2.21. The van der Waals surface area contributed by atoms with E-state index in [1.165, 1.54) is 276 Å². The van der Waals surface area contributed by atoms with Gasteiger partial charge < -0.3 is 33.8 Å². The van der Waals surface area contributed by atoms with Crippen LogP contribution in [0.1, 0.15) is 465 Å². The summed E-state index contributed by atoms with van der Waals surface area (Å²) in [5, 5.41) is 10.6. The number of ether oxygens (including phenoxy) is 4. The highest BCUT2D eigenvalue weighted by Gasteiger charge is 2.30. The van der Waals surface area contributed by atoms with Crippen LogP contribution in [0.25, 0.3) is 0 Å². The van der Waals surface area contributed by atoms with Crippen molar-refractivity contribution >= 4 is 39.5 Å². The highest BCUT2D eigenvalue weighted by molar-refractivity contribution is 7.47. The maximum Gasteiger partial charge on any atom is 0.472 e. The maximum atomic E-state index is 13.1. The monoisotopic (exact) mass is 1550 g/mol. The van der Waals surface area contributed by atoms with Gasteiger partial charge >= 0.3 is 39.5 Å². The summed E-state index contributed by atoms with van der Waals surface area (Å²) in [7, 11) is -9.92. The number of unbranched alkanes of at least 4 members (excludes halogenated alkanes) is 55. The van der Waals surface area contributed by atoms with E-state index >= 15 is 0 Å². The van der Waals surface area contributed by atoms with Gasteiger partial charge in [-0.3, -0.25) is 37.3 Å². The van der Waals surface area contributed by atoms with Gasteiger partial charge in [-0.15, -0.1) is 0 Å². The molecule has 0 amide bonds. The second-order valence-electron chi connectivity index (χ2n) is 32.0. The van der Waals surface area contributed by atoms with Crippen LogP contribution >= 0.6 is 15.6 Å². The number of hydrogen-bond donors (Lipinski definition) is 3. The smallest absolute Gasteiger partial charge is 0.462 e. The molecule has 0 saturated heterocycles. The number of carbonyl (C=O) groups excluding carboxylic acids is 4. The van der Waals surface area contributed by atoms with Crippen LogP contribution in [-0.2, 0) is 65.4 Å². The van der Waals surface area contributed by atoms with Crippen LogP contribution in [0.2, 0.25) is 0 Å². The van der Waals surface area contributed by atoms with Crippen molar-refractivity contribution < 1.29 is 80.2 Å². The Morgan fingerprint density at radius 1 is 0.274 bits per heavy atom. The van der Waals surface area contributed by atoms with Crippen molar-refractivity contribution in [2.75, 3.05) is 39.6 Å². The van der Waals surface area contributed by atoms with Gasteiger partial charge in [-0.2, -0.15) is 0 Å². The topological polar surface area (TPSA) is 237 Å². The Morgan fingerprint density at radius 2 is 0.481 bits per heavy atom. The van der Waals surface area contributed by atoms with E-state index in [2.05, 4.69) is 41.5 Å². The lowest BCUT2D eigenvalue weighted by Crippen LogP contribution is -2.30. The summed E-state index contributed by atoms with van der Waals surface area (Å²) in [5.41, 5.74) is 0. The summed E-state index contributed by atoms with van der Waals surface area (Å²) in [6.07, 6.45) is 71.4. The third-order valence-electron chi connectivity index (χ3n) is 20.8. The molecule has 0 aromatic heterocycles. The second kappa shape index (κ2) is 78.3. The third-order valence-corrected chi connectivity index (χ3v) is 22.7. The van der Waals surface area contributed by atoms with Gasteiger partial charge in [-0.25, -0.2) is 9.13 Å². The predicted octanol–water partition coefficient (Wildman–Crippen LogP) is 26.6. The molecule has 6 atom stereocenters. The summed E-state index contributed by atoms with van der Waals surface area (Å²) in [4.78, 5) is 72.9. The fraction of sp³-hybridized carbons (Fsp3) is 0.954. The zero-order valence-electron chi connectivity index (χ0n) is 69.7. The first-order chi connectivity index (χ1) is 51.4. The molecule has 0 aliphatic carbocycles. The summed E-state index contributed by atoms with van der Waals surface area (Å²) in [5.74, 6) is -0.419. The van der Waals surface area contributed by atoms with Gasteiger partial charge in [0.05, 0.1) is 26.4 Å². The molecule has 0 radical (unpaired) electrons. The van der Waals surface area contributed by atoms with Crippen molar-refractivity contribution in [3.8, 4) is 0 Å². The van der Waals surface area contributed by atoms with Crippen molar-refractivity contribution in [3.63, 3.8) is 0 Å². The first-order valence-electron chi connectivity index (χ1n) is 45.0. The van der Waals surface area contributed by atoms with E-state index in [-0.39, 0.29) is 25.7 Å². The average Bonchev–Trinajstić information content (AvgIpc) is 0.908. The SMILES string of the molecule is CCCCCCCCCCCCCCCCCCCCC(=O)O[C@H](COC(=O)CCCCCCC)COP(=O)(O)OC[C@H](O)COP(=O)(O)OC[C@@H](COC(=O)CCCCCCCCCCCCCCCCCCCCC(C)C)OC(=O)CCCCCCCCCCCCCCCCCCCCC(C)CC. The van der Waals surface area contributed by atoms with E-state index in [0.29, 0.717) is 25.7 Å². The minimum absolute atomic E-state index is 0.108. The minimum atomic E-state index is -4.96. The Bertz CT molecular complexity index is 2030. The largest absolute Gasteiger partial charge is 0.472 e. The summed E-state index contributed by atoms with van der Waals surface area (Å²) >= 11 is 0. The van der Waals surface area contributed by atoms with Crippen LogP contribution in [-0.4, -0.2) is 96.7 Å². The molecular weight excluding hydrogens is 1380 g/mol. The Kier molecular flexibility index (Phi) is 76.9. The zero-order chi connectivity index (χ0) is 77.8. The number of phosphoric ester groups is 2. The van der Waals surface area contributed by atoms with Crippen LogP contribution in [0.4, 0.5) is 0 Å². The standard InChI is InChI=1S/C87H170O17P2/c1-7-10-12-14-15-16-17-18-19-20-27-33-38-43-48-53-59-65-71-86(91)103-82(75-97-84(89)69-63-55-13-11-8-2)77-101-105(93,94)99-73-81(88)74-100-106(95,96)102-78-83(76-98-85(90)70-64-58-52-47-42-37-32-28-23-21-25-30-35-40-45-50-56-61-67-79(4)5)104-87(92)72-66-60-54-49-44-39-34-29-24-22-26-31-36-41-46-51-57-62-68-80(6)9-3/h79-83,88H,7-78H2,1-6H3,(H,93,94)(H,95,96)/t80?,81-,82+,83+/m0/s1. The zero-order valence-corrected chi connectivity index (χ0v) is 71.5. The Balaban J connectivity index is 5.10. The number of carbonyl (C=O) groups is 4. The Morgan fingerprint density at radius 3 is 0.717 bits per heavy atom. The van der Waals surface area contributed by atoms with Crippen molar-refractivity contribution in [1.82, 2.24) is 0 Å². The summed E-state index contributed by atoms with van der Waals surface area (Å²) in [6, 6.07) is 0. The summed E-state index contributed by atoms with van der Waals surface area (Å²) < 4.78 is 68.7. The average molecular weight is 1550 g/mol. The van der Waals surface area contributed by atoms with Crippen molar-refractivity contribution in [3.05, 3.63) is 0 Å². The van der Waals surface area contributed by atoms with Gasteiger partial charge in [0.2, 0.25) is 0 Å². The normalized spacial score (nSPS) is 14.1. The van der Waals surface area contributed by atoms with Gasteiger partial charge in [0.1, 0.15) is 19.3 Å². The predicted molar refractivity (Wildman–Crippen MR) is 437 cm³/mol. The van der Waals surface area contributed by atoms with E-state index in [9.17, 15) is 43.2 Å². The second-order valence-corrected chi connectivity index (χ2v) is 34.9. The number of aliphatic hydroxyl groups excluding tert-OH is 1. The molecule has 17 nitrogen and oxygen atoms in total. The lowest BCUT2D eigenvalue weighted by molar-refractivity contribution is -0.161. The number of rotatable bonds is 86. The first-order valence-corrected chi connectivity index (χ1v) is 48.0. The number of phosphoric acid groups is 2. The number of esters is 4. The molecule has 0 aromatic rings. The molecule has 0 rings (SSSR count). The number of hydrogen-bond acceptors (Lipinski definition) is 15.